The summed E-state index contributed by atoms with van der Waals surface area (Å²) in [5.74, 6) is 0.0450. The van der Waals surface area contributed by atoms with Gasteiger partial charge in [-0.15, -0.1) is 0 Å². The number of halogens is 2. The molecule has 0 aliphatic carbocycles. The van der Waals surface area contributed by atoms with Gasteiger partial charge >= 0.3 is 0 Å². The van der Waals surface area contributed by atoms with Gasteiger partial charge in [0.2, 0.25) is 0 Å². The van der Waals surface area contributed by atoms with Crippen LogP contribution < -0.4 is 11.1 Å². The molecule has 0 saturated carbocycles. The van der Waals surface area contributed by atoms with Gasteiger partial charge in [-0.3, -0.25) is 9.79 Å². The summed E-state index contributed by atoms with van der Waals surface area (Å²) in [7, 11) is 0. The van der Waals surface area contributed by atoms with E-state index in [0.717, 1.165) is 11.4 Å². The van der Waals surface area contributed by atoms with Gasteiger partial charge in [0, 0.05) is 22.0 Å². The maximum absolute atomic E-state index is 14.6. The Hall–Kier alpha value is -2.84. The molecule has 1 amide bonds. The second kappa shape index (κ2) is 8.36. The third-order valence-electron chi connectivity index (χ3n) is 5.33. The van der Waals surface area contributed by atoms with E-state index >= 15 is 0 Å². The monoisotopic (exact) mass is 457 g/mol. The normalized spacial score (nSPS) is 18.5. The molecule has 1 aromatic heterocycles. The smallest absolute Gasteiger partial charge is 0.259 e. The lowest BCUT2D eigenvalue weighted by molar-refractivity contribution is 0.102. The van der Waals surface area contributed by atoms with Crippen LogP contribution in [-0.2, 0) is 5.54 Å². The fourth-order valence-electron chi connectivity index (χ4n) is 3.57. The molecule has 3 N–H and O–H groups in total. The topological polar surface area (TPSA) is 85.3 Å². The van der Waals surface area contributed by atoms with Crippen molar-refractivity contribution in [1.82, 2.24) is 9.78 Å². The average Bonchev–Trinajstić information content (AvgIpc) is 3.11. The molecule has 1 atom stereocenters. The van der Waals surface area contributed by atoms with E-state index in [9.17, 15) is 9.18 Å². The Labute approximate surface area is 188 Å². The molecule has 0 radical (unpaired) electrons. The first-order valence-electron chi connectivity index (χ1n) is 9.67. The van der Waals surface area contributed by atoms with E-state index in [-0.39, 0.29) is 11.7 Å². The number of carbonyl (C=O) groups excluding carboxylic acids is 1. The number of aromatic nitrogens is 2. The van der Waals surface area contributed by atoms with Crippen molar-refractivity contribution in [3.63, 3.8) is 0 Å². The number of hydrogen-bond donors (Lipinski definition) is 2. The van der Waals surface area contributed by atoms with Crippen LogP contribution in [0.15, 0.2) is 53.7 Å². The van der Waals surface area contributed by atoms with Crippen molar-refractivity contribution >= 4 is 40.1 Å². The molecular weight excluding hydrogens is 437 g/mol. The number of rotatable bonds is 4. The summed E-state index contributed by atoms with van der Waals surface area (Å²) < 4.78 is 16.3. The first-order chi connectivity index (χ1) is 14.8. The first-order valence-corrected chi connectivity index (χ1v) is 11.0. The Morgan fingerprint density at radius 3 is 2.74 bits per heavy atom. The van der Waals surface area contributed by atoms with E-state index < -0.39 is 5.54 Å². The van der Waals surface area contributed by atoms with Crippen LogP contribution in [-0.4, -0.2) is 26.6 Å². The highest BCUT2D eigenvalue weighted by Crippen LogP contribution is 2.37. The van der Waals surface area contributed by atoms with Crippen LogP contribution in [0.2, 0.25) is 5.02 Å². The number of hydrogen-bond acceptors (Lipinski definition) is 5. The van der Waals surface area contributed by atoms with Crippen molar-refractivity contribution in [2.45, 2.75) is 25.8 Å². The lowest BCUT2D eigenvalue weighted by Crippen LogP contribution is -2.29. The van der Waals surface area contributed by atoms with Gasteiger partial charge in [0.05, 0.1) is 28.7 Å². The van der Waals surface area contributed by atoms with Gasteiger partial charge in [-0.05, 0) is 62.7 Å². The van der Waals surface area contributed by atoms with Crippen molar-refractivity contribution in [3.8, 4) is 5.69 Å². The van der Waals surface area contributed by atoms with Gasteiger partial charge in [-0.2, -0.15) is 5.10 Å². The number of aliphatic imine (C=N–C) groups is 1. The molecule has 0 spiro atoms. The number of nitrogens with one attached hydrogen (secondary N) is 1. The molecule has 1 unspecified atom stereocenters. The molecule has 6 nitrogen and oxygen atoms in total. The van der Waals surface area contributed by atoms with Crippen LogP contribution in [0.5, 0.6) is 0 Å². The minimum absolute atomic E-state index is 0.331. The Kier molecular flexibility index (Phi) is 5.77. The van der Waals surface area contributed by atoms with E-state index in [1.165, 1.54) is 30.1 Å². The van der Waals surface area contributed by atoms with E-state index in [2.05, 4.69) is 15.4 Å². The minimum Gasteiger partial charge on any atom is -0.379 e. The lowest BCUT2D eigenvalue weighted by Gasteiger charge is -2.30. The molecule has 0 fully saturated rings. The Morgan fingerprint density at radius 1 is 1.29 bits per heavy atom. The summed E-state index contributed by atoms with van der Waals surface area (Å²) in [6.07, 6.45) is 2.16. The standard InChI is InChI=1S/C22H21ClFN5OS/c1-13-17(12-26-29(13)16-6-3-14(23)4-7-16)20(30)27-15-5-8-19(24)18(11-15)22(2)9-10-31-21(25)28-22/h3-8,11-12H,9-10H2,1-2H3,(H2,25,28)(H,27,30). The molecule has 0 saturated heterocycles. The minimum atomic E-state index is -0.768. The fraction of sp³-hybridized carbons (Fsp3) is 0.227. The predicted octanol–water partition coefficient (Wildman–Crippen LogP) is 4.89. The molecule has 2 aromatic carbocycles. The van der Waals surface area contributed by atoms with Gasteiger partial charge in [-0.1, -0.05) is 23.4 Å². The van der Waals surface area contributed by atoms with Gasteiger partial charge in [0.1, 0.15) is 5.82 Å². The van der Waals surface area contributed by atoms with E-state index in [1.54, 1.807) is 22.9 Å². The van der Waals surface area contributed by atoms with Gasteiger partial charge in [0.25, 0.3) is 5.91 Å². The van der Waals surface area contributed by atoms with E-state index in [1.807, 2.05) is 26.0 Å². The number of nitrogens with two attached hydrogens (primary N) is 1. The zero-order chi connectivity index (χ0) is 22.2. The van der Waals surface area contributed by atoms with Crippen LogP contribution in [0.25, 0.3) is 5.69 Å². The second-order valence-corrected chi connectivity index (χ2v) is 9.05. The predicted molar refractivity (Wildman–Crippen MR) is 124 cm³/mol. The zero-order valence-electron chi connectivity index (χ0n) is 17.0. The molecule has 3 aromatic rings. The number of amidine groups is 1. The molecular formula is C22H21ClFN5OS. The molecule has 160 valence electrons. The van der Waals surface area contributed by atoms with Crippen molar-refractivity contribution in [3.05, 3.63) is 76.3 Å². The summed E-state index contributed by atoms with van der Waals surface area (Å²) in [5.41, 5.74) is 7.88. The number of carbonyl (C=O) groups is 1. The van der Waals surface area contributed by atoms with E-state index in [0.29, 0.717) is 39.1 Å². The quantitative estimate of drug-likeness (QED) is 0.584. The molecule has 9 heteroatoms. The Balaban J connectivity index is 1.60. The largest absolute Gasteiger partial charge is 0.379 e. The number of thioether (sulfide) groups is 1. The van der Waals surface area contributed by atoms with Crippen LogP contribution in [0.3, 0.4) is 0 Å². The maximum Gasteiger partial charge on any atom is 0.259 e. The Bertz CT molecular complexity index is 1180. The molecule has 2 heterocycles. The number of anilines is 1. The Morgan fingerprint density at radius 2 is 2.03 bits per heavy atom. The third kappa shape index (κ3) is 4.31. The number of benzene rings is 2. The van der Waals surface area contributed by atoms with Crippen LogP contribution in [0.1, 0.15) is 35.0 Å². The molecule has 1 aliphatic heterocycles. The molecule has 1 aliphatic rings. The van der Waals surface area contributed by atoms with Crippen molar-refractivity contribution in [1.29, 1.82) is 0 Å². The molecule has 31 heavy (non-hydrogen) atoms. The van der Waals surface area contributed by atoms with Crippen molar-refractivity contribution in [2.75, 3.05) is 11.1 Å². The molecule has 4 rings (SSSR count). The summed E-state index contributed by atoms with van der Waals surface area (Å²) in [5, 5.41) is 8.22. The SMILES string of the molecule is Cc1c(C(=O)Nc2ccc(F)c(C3(C)CCSC(N)=N3)c2)cnn1-c1ccc(Cl)cc1. The number of amides is 1. The van der Waals surface area contributed by atoms with Crippen LogP contribution >= 0.6 is 23.4 Å². The average molecular weight is 458 g/mol. The summed E-state index contributed by atoms with van der Waals surface area (Å²) in [6.45, 7) is 3.66. The van der Waals surface area contributed by atoms with Crippen LogP contribution in [0.4, 0.5) is 10.1 Å². The maximum atomic E-state index is 14.6. The van der Waals surface area contributed by atoms with Gasteiger partial charge in [0.15, 0.2) is 5.17 Å². The summed E-state index contributed by atoms with van der Waals surface area (Å²) in [6, 6.07) is 11.7. The van der Waals surface area contributed by atoms with Crippen molar-refractivity contribution < 1.29 is 9.18 Å². The first kappa shape index (κ1) is 21.4. The number of nitrogens with zero attached hydrogens (tertiary/aromatic N) is 3. The summed E-state index contributed by atoms with van der Waals surface area (Å²) in [4.78, 5) is 17.4. The van der Waals surface area contributed by atoms with Crippen molar-refractivity contribution in [2.24, 2.45) is 10.7 Å². The van der Waals surface area contributed by atoms with Crippen LogP contribution in [0, 0.1) is 12.7 Å². The lowest BCUT2D eigenvalue weighted by atomic mass is 9.89. The fourth-order valence-corrected chi connectivity index (χ4v) is 4.67. The highest BCUT2D eigenvalue weighted by atomic mass is 35.5. The van der Waals surface area contributed by atoms with E-state index in [4.69, 9.17) is 17.3 Å². The van der Waals surface area contributed by atoms with Gasteiger partial charge in [-0.25, -0.2) is 9.07 Å². The third-order valence-corrected chi connectivity index (χ3v) is 6.37. The second-order valence-electron chi connectivity index (χ2n) is 7.50. The molecule has 0 bridgehead atoms. The highest BCUT2D eigenvalue weighted by Gasteiger charge is 2.32. The van der Waals surface area contributed by atoms with Gasteiger partial charge < -0.3 is 11.1 Å². The summed E-state index contributed by atoms with van der Waals surface area (Å²) >= 11 is 7.40. The zero-order valence-corrected chi connectivity index (χ0v) is 18.6. The highest BCUT2D eigenvalue weighted by molar-refractivity contribution is 8.13.